The first-order valence-electron chi connectivity index (χ1n) is 8.80. The average Bonchev–Trinajstić information content (AvgIpc) is 3.09. The fourth-order valence-electron chi connectivity index (χ4n) is 3.00. The normalized spacial score (nSPS) is 16.8. The number of nitrogens with one attached hydrogen (secondary N) is 2. The summed E-state index contributed by atoms with van der Waals surface area (Å²) < 4.78 is 27.2. The molecule has 5 nitrogen and oxygen atoms in total. The van der Waals surface area contributed by atoms with E-state index < -0.39 is 0 Å². The summed E-state index contributed by atoms with van der Waals surface area (Å²) in [6, 6.07) is 9.57. The van der Waals surface area contributed by atoms with Crippen LogP contribution >= 0.6 is 24.0 Å². The van der Waals surface area contributed by atoms with Crippen molar-refractivity contribution in [2.45, 2.75) is 25.9 Å². The Hall–Kier alpha value is -1.97. The van der Waals surface area contributed by atoms with Gasteiger partial charge in [-0.15, -0.1) is 24.0 Å². The van der Waals surface area contributed by atoms with Crippen LogP contribution in [0.15, 0.2) is 47.6 Å². The smallest absolute Gasteiger partial charge is 0.191 e. The van der Waals surface area contributed by atoms with Crippen LogP contribution in [-0.4, -0.2) is 36.6 Å². The minimum atomic E-state index is -0.306. The van der Waals surface area contributed by atoms with Crippen LogP contribution in [0.25, 0.3) is 0 Å². The van der Waals surface area contributed by atoms with Gasteiger partial charge in [-0.25, -0.2) is 18.8 Å². The molecule has 2 aromatic rings. The lowest BCUT2D eigenvalue weighted by Gasteiger charge is -2.20. The summed E-state index contributed by atoms with van der Waals surface area (Å²) in [6.45, 7) is 4.48. The number of nitrogens with zero attached hydrogens (tertiary/aromatic N) is 3. The highest BCUT2D eigenvalue weighted by atomic mass is 127. The maximum absolute atomic E-state index is 13.9. The van der Waals surface area contributed by atoms with Crippen LogP contribution in [0.1, 0.15) is 18.9 Å². The number of guanidine groups is 1. The molecule has 0 radical (unpaired) electrons. The average molecular weight is 487 g/mol. The molecule has 0 saturated carbocycles. The van der Waals surface area contributed by atoms with Crippen LogP contribution in [0.4, 0.5) is 14.6 Å². The molecule has 1 unspecified atom stereocenters. The first-order chi connectivity index (χ1) is 12.7. The van der Waals surface area contributed by atoms with Crippen molar-refractivity contribution in [1.29, 1.82) is 0 Å². The SMILES string of the molecule is CCNC(=NCc1cccc(F)c1)NC1CCN(c2ncccc2F)C1.I. The fourth-order valence-corrected chi connectivity index (χ4v) is 3.00. The van der Waals surface area contributed by atoms with Crippen LogP contribution < -0.4 is 15.5 Å². The molecule has 27 heavy (non-hydrogen) atoms. The second-order valence-corrected chi connectivity index (χ2v) is 6.21. The molecule has 146 valence electrons. The van der Waals surface area contributed by atoms with Gasteiger partial charge in [0.05, 0.1) is 6.54 Å². The van der Waals surface area contributed by atoms with Crippen LogP contribution in [-0.2, 0) is 6.54 Å². The Labute approximate surface area is 175 Å². The Balaban J connectivity index is 0.00000261. The third kappa shape index (κ3) is 6.02. The Morgan fingerprint density at radius 1 is 1.30 bits per heavy atom. The van der Waals surface area contributed by atoms with Gasteiger partial charge < -0.3 is 15.5 Å². The topological polar surface area (TPSA) is 52.6 Å². The van der Waals surface area contributed by atoms with Gasteiger partial charge in [0, 0.05) is 31.9 Å². The van der Waals surface area contributed by atoms with E-state index in [0.717, 1.165) is 25.1 Å². The molecule has 1 aromatic carbocycles. The second-order valence-electron chi connectivity index (χ2n) is 6.21. The third-order valence-electron chi connectivity index (χ3n) is 4.22. The van der Waals surface area contributed by atoms with Crippen molar-refractivity contribution in [3.8, 4) is 0 Å². The van der Waals surface area contributed by atoms with Gasteiger partial charge in [0.25, 0.3) is 0 Å². The zero-order valence-electron chi connectivity index (χ0n) is 15.2. The van der Waals surface area contributed by atoms with E-state index in [2.05, 4.69) is 20.6 Å². The monoisotopic (exact) mass is 487 g/mol. The summed E-state index contributed by atoms with van der Waals surface area (Å²) >= 11 is 0. The van der Waals surface area contributed by atoms with Crippen LogP contribution in [0.3, 0.4) is 0 Å². The lowest BCUT2D eigenvalue weighted by Crippen LogP contribution is -2.44. The molecule has 2 N–H and O–H groups in total. The maximum atomic E-state index is 13.9. The molecule has 0 bridgehead atoms. The van der Waals surface area contributed by atoms with Gasteiger partial charge in [0.2, 0.25) is 0 Å². The number of rotatable bonds is 5. The number of aromatic nitrogens is 1. The van der Waals surface area contributed by atoms with Crippen molar-refractivity contribution in [3.63, 3.8) is 0 Å². The summed E-state index contributed by atoms with van der Waals surface area (Å²) in [7, 11) is 0. The summed E-state index contributed by atoms with van der Waals surface area (Å²) in [5.74, 6) is 0.489. The van der Waals surface area contributed by atoms with Crippen molar-refractivity contribution in [1.82, 2.24) is 15.6 Å². The lowest BCUT2D eigenvalue weighted by molar-refractivity contribution is 0.612. The van der Waals surface area contributed by atoms with Gasteiger partial charge in [-0.3, -0.25) is 0 Å². The van der Waals surface area contributed by atoms with Crippen LogP contribution in [0, 0.1) is 11.6 Å². The maximum Gasteiger partial charge on any atom is 0.191 e. The number of pyridine rings is 1. The quantitative estimate of drug-likeness (QED) is 0.386. The van der Waals surface area contributed by atoms with Crippen molar-refractivity contribution in [2.75, 3.05) is 24.5 Å². The largest absolute Gasteiger partial charge is 0.357 e. The Morgan fingerprint density at radius 3 is 2.89 bits per heavy atom. The number of hydrogen-bond donors (Lipinski definition) is 2. The zero-order valence-corrected chi connectivity index (χ0v) is 17.5. The van der Waals surface area contributed by atoms with E-state index in [0.29, 0.717) is 24.9 Å². The van der Waals surface area contributed by atoms with E-state index in [1.165, 1.54) is 18.2 Å². The number of benzene rings is 1. The first-order valence-corrected chi connectivity index (χ1v) is 8.80. The summed E-state index contributed by atoms with van der Waals surface area (Å²) in [4.78, 5) is 10.6. The van der Waals surface area contributed by atoms with Gasteiger partial charge in [-0.2, -0.15) is 0 Å². The molecule has 1 fully saturated rings. The molecule has 0 aliphatic carbocycles. The molecule has 2 heterocycles. The van der Waals surface area contributed by atoms with Crippen molar-refractivity contribution in [3.05, 3.63) is 59.8 Å². The summed E-state index contributed by atoms with van der Waals surface area (Å²) in [5, 5.41) is 6.57. The predicted octanol–water partition coefficient (Wildman–Crippen LogP) is 3.31. The van der Waals surface area contributed by atoms with Gasteiger partial charge in [-0.1, -0.05) is 12.1 Å². The standard InChI is InChI=1S/C19H23F2N5.HI/c1-2-22-19(24-12-14-5-3-6-15(20)11-14)25-16-8-10-26(13-16)18-17(21)7-4-9-23-18;/h3-7,9,11,16H,2,8,10,12-13H2,1H3,(H2,22,24,25);1H. The highest BCUT2D eigenvalue weighted by Crippen LogP contribution is 2.20. The zero-order chi connectivity index (χ0) is 18.4. The lowest BCUT2D eigenvalue weighted by atomic mass is 10.2. The van der Waals surface area contributed by atoms with E-state index in [1.807, 2.05) is 17.9 Å². The van der Waals surface area contributed by atoms with E-state index >= 15 is 0 Å². The molecule has 1 aliphatic heterocycles. The van der Waals surface area contributed by atoms with E-state index in [4.69, 9.17) is 0 Å². The van der Waals surface area contributed by atoms with E-state index in [1.54, 1.807) is 18.3 Å². The number of aliphatic imine (C=N–C) groups is 1. The molecular weight excluding hydrogens is 463 g/mol. The van der Waals surface area contributed by atoms with Gasteiger partial charge in [0.1, 0.15) is 5.82 Å². The van der Waals surface area contributed by atoms with Crippen molar-refractivity contribution < 1.29 is 8.78 Å². The van der Waals surface area contributed by atoms with Crippen molar-refractivity contribution in [2.24, 2.45) is 4.99 Å². The van der Waals surface area contributed by atoms with E-state index in [-0.39, 0.29) is 41.7 Å². The van der Waals surface area contributed by atoms with Crippen LogP contribution in [0.5, 0.6) is 0 Å². The summed E-state index contributed by atoms with van der Waals surface area (Å²) in [5.41, 5.74) is 0.811. The molecule has 1 aliphatic rings. The molecule has 0 spiro atoms. The molecule has 3 rings (SSSR count). The Bertz CT molecular complexity index is 771. The first kappa shape index (κ1) is 21.3. The van der Waals surface area contributed by atoms with Crippen molar-refractivity contribution >= 4 is 35.8 Å². The van der Waals surface area contributed by atoms with E-state index in [9.17, 15) is 8.78 Å². The summed E-state index contributed by atoms with van der Waals surface area (Å²) in [6.07, 6.45) is 2.46. The highest BCUT2D eigenvalue weighted by molar-refractivity contribution is 14.0. The molecule has 1 saturated heterocycles. The second kappa shape index (κ2) is 10.4. The fraction of sp³-hybridized carbons (Fsp3) is 0.368. The number of halogens is 3. The van der Waals surface area contributed by atoms with Gasteiger partial charge >= 0.3 is 0 Å². The molecular formula is C19H24F2IN5. The Kier molecular flexibility index (Phi) is 8.21. The minimum absolute atomic E-state index is 0. The molecule has 1 aromatic heterocycles. The molecule has 1 atom stereocenters. The third-order valence-corrected chi connectivity index (χ3v) is 4.22. The van der Waals surface area contributed by atoms with Crippen LogP contribution in [0.2, 0.25) is 0 Å². The minimum Gasteiger partial charge on any atom is -0.357 e. The predicted molar refractivity (Wildman–Crippen MR) is 115 cm³/mol. The number of hydrogen-bond acceptors (Lipinski definition) is 3. The Morgan fingerprint density at radius 2 is 2.15 bits per heavy atom. The number of anilines is 1. The highest BCUT2D eigenvalue weighted by Gasteiger charge is 2.25. The molecule has 8 heteroatoms. The van der Waals surface area contributed by atoms with Gasteiger partial charge in [-0.05, 0) is 43.2 Å². The molecule has 0 amide bonds. The van der Waals surface area contributed by atoms with Gasteiger partial charge in [0.15, 0.2) is 17.6 Å².